The van der Waals surface area contributed by atoms with Crippen LogP contribution in [0, 0.1) is 5.82 Å². The SMILES string of the molecule is O=C(COc1ccc(Br)cc1)Nc1ccc(N2CCN(Cc3ccccc3F)CC2)cc1. The van der Waals surface area contributed by atoms with Crippen LogP contribution in [0.2, 0.25) is 0 Å². The lowest BCUT2D eigenvalue weighted by atomic mass is 10.1. The van der Waals surface area contributed by atoms with E-state index in [2.05, 4.69) is 31.0 Å². The molecule has 4 rings (SSSR count). The van der Waals surface area contributed by atoms with E-state index in [1.165, 1.54) is 6.07 Å². The number of hydrogen-bond acceptors (Lipinski definition) is 4. The number of hydrogen-bond donors (Lipinski definition) is 1. The fraction of sp³-hybridized carbons (Fsp3) is 0.240. The Hall–Kier alpha value is -2.90. The molecular formula is C25H25BrFN3O2. The van der Waals surface area contributed by atoms with Crippen LogP contribution in [0.15, 0.2) is 77.3 Å². The number of rotatable bonds is 7. The topological polar surface area (TPSA) is 44.8 Å². The Kier molecular flexibility index (Phi) is 7.39. The van der Waals surface area contributed by atoms with Gasteiger partial charge in [-0.2, -0.15) is 0 Å². The molecule has 0 aromatic heterocycles. The zero-order chi connectivity index (χ0) is 22.3. The first-order valence-corrected chi connectivity index (χ1v) is 11.3. The van der Waals surface area contributed by atoms with E-state index in [9.17, 15) is 9.18 Å². The van der Waals surface area contributed by atoms with Gasteiger partial charge in [0.25, 0.3) is 5.91 Å². The minimum Gasteiger partial charge on any atom is -0.484 e. The number of carbonyl (C=O) groups excluding carboxylic acids is 1. The summed E-state index contributed by atoms with van der Waals surface area (Å²) < 4.78 is 20.4. The van der Waals surface area contributed by atoms with E-state index < -0.39 is 0 Å². The van der Waals surface area contributed by atoms with Crippen LogP contribution >= 0.6 is 15.9 Å². The summed E-state index contributed by atoms with van der Waals surface area (Å²) in [6, 6.07) is 22.1. The predicted octanol–water partition coefficient (Wildman–Crippen LogP) is 4.93. The Morgan fingerprint density at radius 3 is 2.31 bits per heavy atom. The highest BCUT2D eigenvalue weighted by atomic mass is 79.9. The molecule has 0 saturated carbocycles. The highest BCUT2D eigenvalue weighted by Gasteiger charge is 2.18. The predicted molar refractivity (Wildman–Crippen MR) is 129 cm³/mol. The molecule has 32 heavy (non-hydrogen) atoms. The maximum absolute atomic E-state index is 13.9. The van der Waals surface area contributed by atoms with Gasteiger partial charge in [-0.3, -0.25) is 9.69 Å². The zero-order valence-corrected chi connectivity index (χ0v) is 19.2. The maximum atomic E-state index is 13.9. The molecule has 1 aliphatic heterocycles. The normalized spacial score (nSPS) is 14.2. The molecule has 0 spiro atoms. The van der Waals surface area contributed by atoms with Crippen LogP contribution in [0.3, 0.4) is 0 Å². The molecule has 1 heterocycles. The van der Waals surface area contributed by atoms with E-state index in [0.29, 0.717) is 12.3 Å². The van der Waals surface area contributed by atoms with Crippen molar-refractivity contribution in [2.45, 2.75) is 6.54 Å². The number of amides is 1. The molecule has 3 aromatic carbocycles. The summed E-state index contributed by atoms with van der Waals surface area (Å²) in [7, 11) is 0. The fourth-order valence-corrected chi connectivity index (χ4v) is 3.93. The van der Waals surface area contributed by atoms with Crippen LogP contribution in [-0.2, 0) is 11.3 Å². The molecule has 0 aliphatic carbocycles. The molecule has 0 atom stereocenters. The van der Waals surface area contributed by atoms with Gasteiger partial charge < -0.3 is 15.0 Å². The van der Waals surface area contributed by atoms with Crippen LogP contribution in [0.1, 0.15) is 5.56 Å². The summed E-state index contributed by atoms with van der Waals surface area (Å²) in [5, 5.41) is 2.86. The molecule has 166 valence electrons. The second kappa shape index (κ2) is 10.6. The molecular weight excluding hydrogens is 473 g/mol. The van der Waals surface area contributed by atoms with Crippen LogP contribution < -0.4 is 15.0 Å². The number of anilines is 2. The lowest BCUT2D eigenvalue weighted by Gasteiger charge is -2.36. The average Bonchev–Trinajstić information content (AvgIpc) is 2.81. The van der Waals surface area contributed by atoms with Gasteiger partial charge in [-0.05, 0) is 54.6 Å². The summed E-state index contributed by atoms with van der Waals surface area (Å²) in [5.74, 6) is 0.296. The second-order valence-electron chi connectivity index (χ2n) is 7.69. The van der Waals surface area contributed by atoms with Crippen molar-refractivity contribution >= 4 is 33.2 Å². The molecule has 1 aliphatic rings. The number of halogens is 2. The molecule has 1 amide bonds. The van der Waals surface area contributed by atoms with Gasteiger partial charge >= 0.3 is 0 Å². The van der Waals surface area contributed by atoms with Gasteiger partial charge in [-0.15, -0.1) is 0 Å². The third-order valence-electron chi connectivity index (χ3n) is 5.42. The van der Waals surface area contributed by atoms with E-state index in [-0.39, 0.29) is 18.3 Å². The molecule has 1 N–H and O–H groups in total. The number of piperazine rings is 1. The van der Waals surface area contributed by atoms with Crippen LogP contribution in [0.4, 0.5) is 15.8 Å². The van der Waals surface area contributed by atoms with Crippen molar-refractivity contribution in [1.82, 2.24) is 4.90 Å². The summed E-state index contributed by atoms with van der Waals surface area (Å²) in [5.41, 5.74) is 2.58. The average molecular weight is 498 g/mol. The second-order valence-corrected chi connectivity index (χ2v) is 8.61. The van der Waals surface area contributed by atoms with Crippen molar-refractivity contribution in [3.8, 4) is 5.75 Å². The highest BCUT2D eigenvalue weighted by Crippen LogP contribution is 2.21. The van der Waals surface area contributed by atoms with Gasteiger partial charge in [-0.25, -0.2) is 4.39 Å². The fourth-order valence-electron chi connectivity index (χ4n) is 3.66. The first-order chi connectivity index (χ1) is 15.6. The molecule has 1 fully saturated rings. The van der Waals surface area contributed by atoms with Crippen molar-refractivity contribution in [2.75, 3.05) is 43.0 Å². The molecule has 0 unspecified atom stereocenters. The highest BCUT2D eigenvalue weighted by molar-refractivity contribution is 9.10. The van der Waals surface area contributed by atoms with Crippen molar-refractivity contribution in [1.29, 1.82) is 0 Å². The Bertz CT molecular complexity index is 1040. The number of carbonyl (C=O) groups is 1. The van der Waals surface area contributed by atoms with Gasteiger partial charge in [-0.1, -0.05) is 34.1 Å². The van der Waals surface area contributed by atoms with Gasteiger partial charge in [0.2, 0.25) is 0 Å². The largest absolute Gasteiger partial charge is 0.484 e. The van der Waals surface area contributed by atoms with E-state index in [1.54, 1.807) is 6.07 Å². The van der Waals surface area contributed by atoms with Crippen molar-refractivity contribution in [3.63, 3.8) is 0 Å². The van der Waals surface area contributed by atoms with Crippen molar-refractivity contribution < 1.29 is 13.9 Å². The molecule has 0 radical (unpaired) electrons. The minimum absolute atomic E-state index is 0.0483. The molecule has 7 heteroatoms. The Labute approximate surface area is 195 Å². The standard InChI is InChI=1S/C25H25BrFN3O2/c26-20-5-11-23(12-6-20)32-18-25(31)28-21-7-9-22(10-8-21)30-15-13-29(14-16-30)17-19-3-1-2-4-24(19)27/h1-12H,13-18H2,(H,28,31). The van der Waals surface area contributed by atoms with Gasteiger partial charge in [0.15, 0.2) is 6.61 Å². The van der Waals surface area contributed by atoms with Crippen LogP contribution in [0.25, 0.3) is 0 Å². The lowest BCUT2D eigenvalue weighted by molar-refractivity contribution is -0.118. The smallest absolute Gasteiger partial charge is 0.262 e. The van der Waals surface area contributed by atoms with E-state index in [0.717, 1.165) is 47.6 Å². The molecule has 1 saturated heterocycles. The molecule has 0 bridgehead atoms. The summed E-state index contributed by atoms with van der Waals surface area (Å²) in [6.45, 7) is 4.09. The van der Waals surface area contributed by atoms with E-state index in [1.807, 2.05) is 60.7 Å². The monoisotopic (exact) mass is 497 g/mol. The lowest BCUT2D eigenvalue weighted by Crippen LogP contribution is -2.46. The Balaban J connectivity index is 1.23. The Morgan fingerprint density at radius 1 is 0.938 bits per heavy atom. The van der Waals surface area contributed by atoms with Crippen LogP contribution in [-0.4, -0.2) is 43.6 Å². The summed E-state index contributed by atoms with van der Waals surface area (Å²) in [4.78, 5) is 16.7. The quantitative estimate of drug-likeness (QED) is 0.502. The summed E-state index contributed by atoms with van der Waals surface area (Å²) in [6.07, 6.45) is 0. The van der Waals surface area contributed by atoms with Gasteiger partial charge in [0.1, 0.15) is 11.6 Å². The first-order valence-electron chi connectivity index (χ1n) is 10.6. The van der Waals surface area contributed by atoms with Gasteiger partial charge in [0, 0.05) is 54.1 Å². The molecule has 5 nitrogen and oxygen atoms in total. The third kappa shape index (κ3) is 6.08. The Morgan fingerprint density at radius 2 is 1.62 bits per heavy atom. The van der Waals surface area contributed by atoms with Gasteiger partial charge in [0.05, 0.1) is 0 Å². The third-order valence-corrected chi connectivity index (χ3v) is 5.95. The number of nitrogens with one attached hydrogen (secondary N) is 1. The zero-order valence-electron chi connectivity index (χ0n) is 17.6. The van der Waals surface area contributed by atoms with Crippen LogP contribution in [0.5, 0.6) is 5.75 Å². The summed E-state index contributed by atoms with van der Waals surface area (Å²) >= 11 is 3.37. The number of ether oxygens (including phenoxy) is 1. The maximum Gasteiger partial charge on any atom is 0.262 e. The number of nitrogens with zero attached hydrogens (tertiary/aromatic N) is 2. The number of benzene rings is 3. The first kappa shape index (κ1) is 22.3. The van der Waals surface area contributed by atoms with E-state index >= 15 is 0 Å². The van der Waals surface area contributed by atoms with Crippen molar-refractivity contribution in [2.24, 2.45) is 0 Å². The van der Waals surface area contributed by atoms with Crippen molar-refractivity contribution in [3.05, 3.63) is 88.6 Å². The minimum atomic E-state index is -0.206. The molecule has 3 aromatic rings. The van der Waals surface area contributed by atoms with E-state index in [4.69, 9.17) is 4.74 Å².